The molecule has 1 aliphatic heterocycles. The minimum atomic E-state index is -0.656. The van der Waals surface area contributed by atoms with Crippen LogP contribution in [0.15, 0.2) is 42.9 Å². The second-order valence-electron chi connectivity index (χ2n) is 10.7. The van der Waals surface area contributed by atoms with E-state index in [1.165, 1.54) is 11.9 Å². The number of nitrogens with zero attached hydrogens (tertiary/aromatic N) is 5. The standard InChI is InChI=1S/C27H29N7O2/c1-26(2)35-21-20(34-10-8-17-23(28)31-14-32-25(17)34)13-27(3,22(21)36-26)9-7-15-5-6-16-12-19(30-4)24(29)33-18(16)11-15/h5-6,8,10-12,14,20-22H,7,9,13H2,1-3H3,(H2,29,33)(H2,28,31,32)/t20-,21+,22+,27+/m1/s1. The Hall–Kier alpha value is -3.74. The van der Waals surface area contributed by atoms with Gasteiger partial charge in [0.1, 0.15) is 29.7 Å². The van der Waals surface area contributed by atoms with E-state index < -0.39 is 5.79 Å². The van der Waals surface area contributed by atoms with Gasteiger partial charge in [-0.1, -0.05) is 19.1 Å². The summed E-state index contributed by atoms with van der Waals surface area (Å²) >= 11 is 0. The number of ether oxygens (including phenoxy) is 2. The maximum Gasteiger partial charge on any atom is 0.228 e. The number of pyridine rings is 1. The number of nitrogen functional groups attached to an aromatic ring is 2. The summed E-state index contributed by atoms with van der Waals surface area (Å²) in [6, 6.07) is 10.0. The van der Waals surface area contributed by atoms with Gasteiger partial charge in [0.15, 0.2) is 5.79 Å². The number of hydrogen-bond donors (Lipinski definition) is 2. The van der Waals surface area contributed by atoms with Crippen molar-refractivity contribution in [2.45, 2.75) is 64.1 Å². The minimum absolute atomic E-state index is 0.0513. The van der Waals surface area contributed by atoms with Crippen LogP contribution in [0.1, 0.15) is 45.2 Å². The van der Waals surface area contributed by atoms with Crippen LogP contribution in [-0.4, -0.2) is 37.5 Å². The first-order valence-electron chi connectivity index (χ1n) is 12.2. The van der Waals surface area contributed by atoms with Crippen molar-refractivity contribution in [3.63, 3.8) is 0 Å². The zero-order valence-corrected chi connectivity index (χ0v) is 20.6. The van der Waals surface area contributed by atoms with Crippen molar-refractivity contribution in [2.24, 2.45) is 5.41 Å². The number of benzene rings is 1. The van der Waals surface area contributed by atoms with Crippen LogP contribution in [0, 0.1) is 12.0 Å². The molecule has 0 spiro atoms. The fourth-order valence-electron chi connectivity index (χ4n) is 5.97. The van der Waals surface area contributed by atoms with Crippen molar-refractivity contribution in [3.8, 4) is 0 Å². The number of aryl methyl sites for hydroxylation is 1. The van der Waals surface area contributed by atoms with E-state index in [0.717, 1.165) is 41.2 Å². The molecule has 0 unspecified atom stereocenters. The summed E-state index contributed by atoms with van der Waals surface area (Å²) in [5, 5.41) is 1.77. The van der Waals surface area contributed by atoms with Crippen molar-refractivity contribution in [3.05, 3.63) is 59.8 Å². The lowest BCUT2D eigenvalue weighted by Crippen LogP contribution is -2.34. The fraction of sp³-hybridized carbons (Fsp3) is 0.407. The number of aromatic nitrogens is 4. The van der Waals surface area contributed by atoms with Crippen molar-refractivity contribution in [1.82, 2.24) is 19.5 Å². The van der Waals surface area contributed by atoms with E-state index in [1.54, 1.807) is 6.07 Å². The molecule has 4 N–H and O–H groups in total. The van der Waals surface area contributed by atoms with E-state index in [1.807, 2.05) is 32.2 Å². The number of hydrogen-bond acceptors (Lipinski definition) is 7. The molecule has 36 heavy (non-hydrogen) atoms. The summed E-state index contributed by atoms with van der Waals surface area (Å²) in [6.07, 6.45) is 6.07. The smallest absolute Gasteiger partial charge is 0.228 e. The maximum absolute atomic E-state index is 7.26. The zero-order chi connectivity index (χ0) is 25.2. The first-order chi connectivity index (χ1) is 17.2. The van der Waals surface area contributed by atoms with Crippen LogP contribution in [0.2, 0.25) is 0 Å². The van der Waals surface area contributed by atoms with E-state index >= 15 is 0 Å². The van der Waals surface area contributed by atoms with Gasteiger partial charge in [0, 0.05) is 6.20 Å². The molecule has 1 aliphatic carbocycles. The summed E-state index contributed by atoms with van der Waals surface area (Å²) in [6.45, 7) is 13.5. The molecule has 4 atom stereocenters. The average Bonchev–Trinajstić information content (AvgIpc) is 3.49. The predicted octanol–water partition coefficient (Wildman–Crippen LogP) is 4.80. The molecule has 0 radical (unpaired) electrons. The van der Waals surface area contributed by atoms with Crippen LogP contribution in [0.4, 0.5) is 17.3 Å². The molecule has 1 saturated carbocycles. The Kier molecular flexibility index (Phi) is 4.97. The second kappa shape index (κ2) is 7.88. The normalized spacial score (nSPS) is 26.9. The number of fused-ring (bicyclic) bond motifs is 3. The third kappa shape index (κ3) is 3.56. The number of rotatable bonds is 4. The number of anilines is 2. The molecular formula is C27H29N7O2. The Balaban J connectivity index is 1.30. The molecule has 2 fully saturated rings. The van der Waals surface area contributed by atoms with Crippen LogP contribution in [0.5, 0.6) is 0 Å². The van der Waals surface area contributed by atoms with Gasteiger partial charge in [-0.05, 0) is 67.7 Å². The first-order valence-corrected chi connectivity index (χ1v) is 12.2. The molecule has 0 bridgehead atoms. The van der Waals surface area contributed by atoms with E-state index in [2.05, 4.69) is 43.4 Å². The van der Waals surface area contributed by atoms with Gasteiger partial charge in [0.05, 0.1) is 29.6 Å². The lowest BCUT2D eigenvalue weighted by atomic mass is 9.80. The third-order valence-corrected chi connectivity index (χ3v) is 7.76. The van der Waals surface area contributed by atoms with Gasteiger partial charge < -0.3 is 25.5 Å². The summed E-state index contributed by atoms with van der Waals surface area (Å²) in [5.74, 6) is 0.0938. The van der Waals surface area contributed by atoms with Crippen molar-refractivity contribution in [2.75, 3.05) is 11.5 Å². The molecule has 2 aliphatic rings. The van der Waals surface area contributed by atoms with Crippen molar-refractivity contribution in [1.29, 1.82) is 0 Å². The van der Waals surface area contributed by atoms with Crippen LogP contribution >= 0.6 is 0 Å². The molecule has 4 heterocycles. The fourth-order valence-corrected chi connectivity index (χ4v) is 5.97. The highest BCUT2D eigenvalue weighted by Crippen LogP contribution is 2.55. The minimum Gasteiger partial charge on any atom is -0.392 e. The van der Waals surface area contributed by atoms with Gasteiger partial charge in [0.25, 0.3) is 0 Å². The maximum atomic E-state index is 7.26. The summed E-state index contributed by atoms with van der Waals surface area (Å²) in [5.41, 5.74) is 15.1. The largest absolute Gasteiger partial charge is 0.392 e. The Morgan fingerprint density at radius 1 is 1.11 bits per heavy atom. The molecule has 4 aromatic rings. The molecule has 3 aromatic heterocycles. The molecule has 0 amide bonds. The van der Waals surface area contributed by atoms with Gasteiger partial charge >= 0.3 is 0 Å². The Bertz CT molecular complexity index is 1540. The Morgan fingerprint density at radius 2 is 1.94 bits per heavy atom. The van der Waals surface area contributed by atoms with Crippen LogP contribution in [0.25, 0.3) is 26.8 Å². The van der Waals surface area contributed by atoms with Gasteiger partial charge in [-0.25, -0.2) is 19.8 Å². The molecule has 9 heteroatoms. The lowest BCUT2D eigenvalue weighted by Gasteiger charge is -2.32. The molecular weight excluding hydrogens is 454 g/mol. The van der Waals surface area contributed by atoms with Gasteiger partial charge in [-0.3, -0.25) is 0 Å². The molecule has 1 saturated heterocycles. The summed E-state index contributed by atoms with van der Waals surface area (Å²) in [4.78, 5) is 16.6. The Morgan fingerprint density at radius 3 is 2.75 bits per heavy atom. The monoisotopic (exact) mass is 483 g/mol. The highest BCUT2D eigenvalue weighted by molar-refractivity contribution is 5.87. The van der Waals surface area contributed by atoms with Gasteiger partial charge in [0.2, 0.25) is 5.69 Å². The predicted molar refractivity (Wildman–Crippen MR) is 138 cm³/mol. The average molecular weight is 484 g/mol. The molecule has 6 rings (SSSR count). The van der Waals surface area contributed by atoms with Crippen molar-refractivity contribution >= 4 is 39.3 Å². The molecule has 9 nitrogen and oxygen atoms in total. The van der Waals surface area contributed by atoms with E-state index in [0.29, 0.717) is 11.5 Å². The highest BCUT2D eigenvalue weighted by atomic mass is 16.8. The number of nitrogens with two attached hydrogens (primary N) is 2. The van der Waals surface area contributed by atoms with E-state index in [-0.39, 0.29) is 29.5 Å². The van der Waals surface area contributed by atoms with E-state index in [4.69, 9.17) is 27.5 Å². The highest BCUT2D eigenvalue weighted by Gasteiger charge is 2.59. The lowest BCUT2D eigenvalue weighted by molar-refractivity contribution is -0.168. The van der Waals surface area contributed by atoms with Gasteiger partial charge in [-0.2, -0.15) is 0 Å². The van der Waals surface area contributed by atoms with Crippen LogP contribution in [-0.2, 0) is 15.9 Å². The summed E-state index contributed by atoms with van der Waals surface area (Å²) in [7, 11) is 0. The topological polar surface area (TPSA) is 118 Å². The Labute approximate surface area is 209 Å². The molecule has 1 aromatic carbocycles. The van der Waals surface area contributed by atoms with Gasteiger partial charge in [-0.15, -0.1) is 0 Å². The molecule has 184 valence electrons. The quantitative estimate of drug-likeness (QED) is 0.400. The SMILES string of the molecule is [C-]#[N+]c1cc2ccc(CC[C@@]3(C)C[C@@H](n4ccc5c(N)ncnc54)[C@@H]4OC(C)(C)O[C@@H]43)cc2nc1N. The zero-order valence-electron chi connectivity index (χ0n) is 20.6. The van der Waals surface area contributed by atoms with Crippen LogP contribution < -0.4 is 11.5 Å². The van der Waals surface area contributed by atoms with Crippen molar-refractivity contribution < 1.29 is 9.47 Å². The summed E-state index contributed by atoms with van der Waals surface area (Å²) < 4.78 is 15.1. The third-order valence-electron chi connectivity index (χ3n) is 7.76. The van der Waals surface area contributed by atoms with Crippen LogP contribution in [0.3, 0.4) is 0 Å². The second-order valence-corrected chi connectivity index (χ2v) is 10.7. The first kappa shape index (κ1) is 22.7. The van der Waals surface area contributed by atoms with E-state index in [9.17, 15) is 0 Å².